The van der Waals surface area contributed by atoms with Gasteiger partial charge in [0.2, 0.25) is 0 Å². The predicted octanol–water partition coefficient (Wildman–Crippen LogP) is 4.64. The van der Waals surface area contributed by atoms with Crippen LogP contribution in [0.25, 0.3) is 0 Å². The minimum absolute atomic E-state index is 0.000191. The lowest BCUT2D eigenvalue weighted by Gasteiger charge is -2.63. The lowest BCUT2D eigenvalue weighted by Crippen LogP contribution is -2.71. The monoisotopic (exact) mass is 821 g/mol. The van der Waals surface area contributed by atoms with Gasteiger partial charge in [0.25, 0.3) is 0 Å². The number of carbonyl (C=O) groups is 4. The van der Waals surface area contributed by atoms with Crippen molar-refractivity contribution in [1.29, 1.82) is 0 Å². The van der Waals surface area contributed by atoms with Crippen molar-refractivity contribution in [2.45, 2.75) is 142 Å². The Morgan fingerprint density at radius 2 is 1.56 bits per heavy atom. The number of hydrogen-bond donors (Lipinski definition) is 5. The van der Waals surface area contributed by atoms with Crippen molar-refractivity contribution in [2.75, 3.05) is 6.61 Å². The average Bonchev–Trinajstić information content (AvgIpc) is 3.52. The van der Waals surface area contributed by atoms with Gasteiger partial charge in [0.05, 0.1) is 36.5 Å². The lowest BCUT2D eigenvalue weighted by molar-refractivity contribution is -0.247. The minimum atomic E-state index is -2.13. The lowest BCUT2D eigenvalue weighted by atomic mass is 9.46. The van der Waals surface area contributed by atoms with Gasteiger partial charge >= 0.3 is 24.0 Å². The zero-order chi connectivity index (χ0) is 43.4. The molecule has 0 radical (unpaired) electrons. The summed E-state index contributed by atoms with van der Waals surface area (Å²) in [6.07, 6.45) is -9.81. The number of amides is 1. The zero-order valence-corrected chi connectivity index (χ0v) is 35.3. The smallest absolute Gasteiger partial charge is 0.408 e. The Labute approximate surface area is 345 Å². The second kappa shape index (κ2) is 16.3. The van der Waals surface area contributed by atoms with E-state index in [1.807, 2.05) is 6.92 Å². The van der Waals surface area contributed by atoms with Crippen LogP contribution < -0.4 is 5.32 Å². The molecule has 3 aliphatic carbocycles. The molecule has 1 heterocycles. The van der Waals surface area contributed by atoms with Gasteiger partial charge in [-0.1, -0.05) is 68.8 Å². The summed E-state index contributed by atoms with van der Waals surface area (Å²) in [7, 11) is 0. The summed E-state index contributed by atoms with van der Waals surface area (Å²) in [6.45, 7) is 15.1. The second-order valence-electron chi connectivity index (χ2n) is 18.5. The number of aryl methyl sites for hydroxylation is 1. The van der Waals surface area contributed by atoms with Crippen molar-refractivity contribution >= 4 is 24.0 Å². The van der Waals surface area contributed by atoms with Crippen LogP contribution in [0.15, 0.2) is 65.7 Å². The molecular weight excluding hydrogens is 762 g/mol. The number of aliphatic hydroxyl groups is 4. The van der Waals surface area contributed by atoms with Crippen LogP contribution in [0.1, 0.15) is 102 Å². The first-order valence-corrected chi connectivity index (χ1v) is 20.3. The number of rotatable bonds is 8. The predicted molar refractivity (Wildman–Crippen MR) is 212 cm³/mol. The van der Waals surface area contributed by atoms with Crippen LogP contribution in [0.5, 0.6) is 0 Å². The number of ether oxygens (including phenoxy) is 5. The third kappa shape index (κ3) is 8.39. The van der Waals surface area contributed by atoms with Crippen molar-refractivity contribution in [1.82, 2.24) is 5.32 Å². The number of carbonyl (C=O) groups excluding carboxylic acids is 4. The molecule has 2 aromatic carbocycles. The van der Waals surface area contributed by atoms with Gasteiger partial charge in [-0.25, -0.2) is 14.4 Å². The average molecular weight is 822 g/mol. The standard InChI is InChI=1S/C45H59NO13/c1-23-15-17-26(18-16-23)36(46-41(53)59-42(4,5)6)37(50)40(52)57-30-21-45(54)38(58-39(51)27-13-11-10-12-14-27)35-33-29(55-22-31(33)56-25(3)47)19-32(49)44(35,9)20-28(48)34(24(30)2)43(45,7)8/h10-18,28-33,35-38,48-50,54H,19-22H2,1-9H3,(H,46,53)/t28-,29+,30-,31-,32-,33?,35-,36-,37+,38-,44+,45+/m0/s1. The second-order valence-corrected chi connectivity index (χ2v) is 18.5. The maximum absolute atomic E-state index is 14.2. The highest BCUT2D eigenvalue weighted by Crippen LogP contribution is 2.63. The highest BCUT2D eigenvalue weighted by atomic mass is 16.6. The SMILES string of the molecule is CC(=O)O[C@H]1CO[C@@H]2C[C@H](O)[C@@]3(C)C[C@H](O)C4=C(C)[C@@H](OC(=O)[C@H](O)[C@@H](NC(=O)OC(C)(C)C)c5ccc(C)cc5)C[C@@](O)([C@@H](OC(=O)c5ccccc5)[C@@H]3C12)C4(C)C. The van der Waals surface area contributed by atoms with E-state index in [1.165, 1.54) is 6.92 Å². The molecule has 1 unspecified atom stereocenters. The third-order valence-corrected chi connectivity index (χ3v) is 13.1. The van der Waals surface area contributed by atoms with Gasteiger partial charge < -0.3 is 49.4 Å². The van der Waals surface area contributed by atoms with Crippen molar-refractivity contribution in [3.05, 3.63) is 82.4 Å². The molecular formula is C45H59NO13. The van der Waals surface area contributed by atoms with Crippen LogP contribution in [0, 0.1) is 29.6 Å². The molecule has 6 rings (SSSR count). The first-order valence-electron chi connectivity index (χ1n) is 20.3. The molecule has 12 atom stereocenters. The van der Waals surface area contributed by atoms with Crippen molar-refractivity contribution in [3.8, 4) is 0 Å². The Morgan fingerprint density at radius 1 is 0.915 bits per heavy atom. The van der Waals surface area contributed by atoms with Crippen molar-refractivity contribution in [3.63, 3.8) is 0 Å². The minimum Gasteiger partial charge on any atom is -0.460 e. The number of aliphatic hydroxyl groups excluding tert-OH is 3. The van der Waals surface area contributed by atoms with Crippen LogP contribution in [-0.4, -0.2) is 105 Å². The van der Waals surface area contributed by atoms with Gasteiger partial charge in [0.1, 0.15) is 29.5 Å². The van der Waals surface area contributed by atoms with E-state index in [9.17, 15) is 39.6 Å². The van der Waals surface area contributed by atoms with E-state index in [1.54, 1.807) is 103 Å². The van der Waals surface area contributed by atoms with Gasteiger partial charge in [-0.3, -0.25) is 4.79 Å². The fourth-order valence-electron chi connectivity index (χ4n) is 10.2. The molecule has 14 nitrogen and oxygen atoms in total. The molecule has 1 aliphatic heterocycles. The molecule has 2 bridgehead atoms. The number of benzene rings is 2. The summed E-state index contributed by atoms with van der Waals surface area (Å²) in [6, 6.07) is 13.7. The van der Waals surface area contributed by atoms with E-state index in [2.05, 4.69) is 5.32 Å². The normalized spacial score (nSPS) is 33.5. The number of fused-ring (bicyclic) bond motifs is 5. The fourth-order valence-corrected chi connectivity index (χ4v) is 10.2. The maximum Gasteiger partial charge on any atom is 0.408 e. The first-order chi connectivity index (χ1) is 27.5. The fraction of sp³-hybridized carbons (Fsp3) is 0.600. The molecule has 0 spiro atoms. The highest BCUT2D eigenvalue weighted by molar-refractivity contribution is 5.89. The Morgan fingerprint density at radius 3 is 2.17 bits per heavy atom. The molecule has 14 heteroatoms. The Balaban J connectivity index is 1.45. The molecule has 322 valence electrons. The quantitative estimate of drug-likeness (QED) is 0.140. The summed E-state index contributed by atoms with van der Waals surface area (Å²) in [4.78, 5) is 53.8. The summed E-state index contributed by atoms with van der Waals surface area (Å²) in [5, 5.41) is 52.1. The molecule has 5 N–H and O–H groups in total. The van der Waals surface area contributed by atoms with Gasteiger partial charge in [0.15, 0.2) is 6.10 Å². The van der Waals surface area contributed by atoms with E-state index < -0.39 is 107 Å². The topological polar surface area (TPSA) is 207 Å². The van der Waals surface area contributed by atoms with Gasteiger partial charge in [-0.2, -0.15) is 0 Å². The van der Waals surface area contributed by atoms with Gasteiger partial charge in [0, 0.05) is 42.4 Å². The maximum atomic E-state index is 14.2. The van der Waals surface area contributed by atoms with Crippen molar-refractivity contribution < 1.29 is 63.3 Å². The Kier molecular flexibility index (Phi) is 12.2. The molecule has 2 saturated carbocycles. The molecule has 3 fully saturated rings. The molecule has 59 heavy (non-hydrogen) atoms. The van der Waals surface area contributed by atoms with E-state index in [-0.39, 0.29) is 31.4 Å². The number of nitrogens with one attached hydrogen (secondary N) is 1. The number of alkyl carbamates (subject to hydrolysis) is 1. The largest absolute Gasteiger partial charge is 0.460 e. The van der Waals surface area contributed by atoms with Crippen LogP contribution in [0.4, 0.5) is 4.79 Å². The number of esters is 3. The van der Waals surface area contributed by atoms with E-state index in [4.69, 9.17) is 23.7 Å². The molecule has 2 aromatic rings. The molecule has 0 aromatic heterocycles. The Bertz CT molecular complexity index is 1940. The van der Waals surface area contributed by atoms with Crippen LogP contribution in [0.2, 0.25) is 0 Å². The highest BCUT2D eigenvalue weighted by Gasteiger charge is 2.70. The molecule has 1 amide bonds. The van der Waals surface area contributed by atoms with Crippen LogP contribution in [0.3, 0.4) is 0 Å². The summed E-state index contributed by atoms with van der Waals surface area (Å²) in [5.74, 6) is -4.14. The zero-order valence-electron chi connectivity index (χ0n) is 35.3. The molecule has 1 saturated heterocycles. The number of hydrogen-bond acceptors (Lipinski definition) is 13. The summed E-state index contributed by atoms with van der Waals surface area (Å²) in [5.41, 5.74) is -3.41. The summed E-state index contributed by atoms with van der Waals surface area (Å²) < 4.78 is 30.0. The van der Waals surface area contributed by atoms with Crippen molar-refractivity contribution in [2.24, 2.45) is 22.7 Å². The first kappa shape index (κ1) is 44.2. The molecule has 4 aliphatic rings. The van der Waals surface area contributed by atoms with E-state index in [0.717, 1.165) is 5.56 Å². The van der Waals surface area contributed by atoms with E-state index in [0.29, 0.717) is 16.7 Å². The van der Waals surface area contributed by atoms with Gasteiger partial charge in [-0.05, 0) is 69.9 Å². The van der Waals surface area contributed by atoms with Gasteiger partial charge in [-0.15, -0.1) is 0 Å². The van der Waals surface area contributed by atoms with Crippen LogP contribution in [-0.2, 0) is 33.3 Å². The van der Waals surface area contributed by atoms with E-state index >= 15 is 0 Å². The third-order valence-electron chi connectivity index (χ3n) is 13.1. The Hall–Kier alpha value is -4.34. The summed E-state index contributed by atoms with van der Waals surface area (Å²) >= 11 is 0. The van der Waals surface area contributed by atoms with Crippen LogP contribution >= 0.6 is 0 Å².